The highest BCUT2D eigenvalue weighted by Gasteiger charge is 2.52. The molecule has 0 amide bonds. The van der Waals surface area contributed by atoms with Gasteiger partial charge in [-0.2, -0.15) is 21.6 Å². The Morgan fingerprint density at radius 2 is 1.52 bits per heavy atom. The van der Waals surface area contributed by atoms with Gasteiger partial charge in [-0.05, 0) is 56.5 Å². The van der Waals surface area contributed by atoms with E-state index in [1.165, 1.54) is 5.41 Å². The molecule has 2 aromatic rings. The fourth-order valence-electron chi connectivity index (χ4n) is 2.78. The lowest BCUT2D eigenvalue weighted by Crippen LogP contribution is -2.26. The summed E-state index contributed by atoms with van der Waals surface area (Å²) in [6, 6.07) is 13.6. The molecule has 0 aliphatic carbocycles. The molecule has 1 heterocycles. The molecular formula is C19H19F3O3S2. The lowest BCUT2D eigenvalue weighted by atomic mass is 9.87. The molecular weight excluding hydrogens is 397 g/mol. The van der Waals surface area contributed by atoms with E-state index in [1.807, 2.05) is 20.8 Å². The van der Waals surface area contributed by atoms with Gasteiger partial charge in [-0.15, -0.1) is 0 Å². The van der Waals surface area contributed by atoms with Crippen LogP contribution in [0.15, 0.2) is 63.7 Å². The van der Waals surface area contributed by atoms with Gasteiger partial charge in [0.25, 0.3) is 0 Å². The minimum atomic E-state index is -5.78. The van der Waals surface area contributed by atoms with Gasteiger partial charge in [0.1, 0.15) is 0 Å². The smallest absolute Gasteiger partial charge is 0.200 e. The zero-order valence-corrected chi connectivity index (χ0v) is 16.6. The van der Waals surface area contributed by atoms with Gasteiger partial charge in [-0.25, -0.2) is 3.63 Å². The minimum Gasteiger partial charge on any atom is -0.200 e. The second kappa shape index (κ2) is 6.39. The van der Waals surface area contributed by atoms with E-state index < -0.39 is 25.9 Å². The summed E-state index contributed by atoms with van der Waals surface area (Å²) in [5.74, 6) is 0. The number of hydrogen-bond acceptors (Lipinski definition) is 3. The van der Waals surface area contributed by atoms with Crippen molar-refractivity contribution in [3.63, 3.8) is 0 Å². The summed E-state index contributed by atoms with van der Waals surface area (Å²) < 4.78 is 67.8. The Morgan fingerprint density at radius 3 is 2.07 bits per heavy atom. The number of rotatable bonds is 3. The molecule has 27 heavy (non-hydrogen) atoms. The van der Waals surface area contributed by atoms with E-state index in [2.05, 4.69) is 0 Å². The molecule has 0 fully saturated rings. The number of halogens is 3. The largest absolute Gasteiger partial charge is 0.524 e. The maximum atomic E-state index is 13.0. The molecule has 0 bridgehead atoms. The molecule has 3 nitrogen and oxygen atoms in total. The first-order chi connectivity index (χ1) is 12.4. The van der Waals surface area contributed by atoms with Crippen molar-refractivity contribution in [2.24, 2.45) is 0 Å². The van der Waals surface area contributed by atoms with Crippen LogP contribution in [0.1, 0.15) is 31.9 Å². The van der Waals surface area contributed by atoms with Gasteiger partial charge in [0.2, 0.25) is 0 Å². The highest BCUT2D eigenvalue weighted by atomic mass is 32.3. The zero-order valence-electron chi connectivity index (χ0n) is 14.9. The summed E-state index contributed by atoms with van der Waals surface area (Å²) in [7, 11) is -8.77. The summed E-state index contributed by atoms with van der Waals surface area (Å²) in [6.07, 6.45) is 1.61. The Labute approximate surface area is 158 Å². The summed E-state index contributed by atoms with van der Waals surface area (Å²) in [5.41, 5.74) is -4.02. The molecule has 1 unspecified atom stereocenters. The molecule has 0 radical (unpaired) electrons. The van der Waals surface area contributed by atoms with Crippen LogP contribution in [0.4, 0.5) is 13.2 Å². The number of hydrogen-bond donors (Lipinski definition) is 0. The van der Waals surface area contributed by atoms with Crippen LogP contribution >= 0.6 is 10.3 Å². The van der Waals surface area contributed by atoms with E-state index in [4.69, 9.17) is 3.63 Å². The van der Waals surface area contributed by atoms with Gasteiger partial charge < -0.3 is 0 Å². The van der Waals surface area contributed by atoms with Crippen molar-refractivity contribution in [3.05, 3.63) is 65.1 Å². The molecule has 0 saturated carbocycles. The monoisotopic (exact) mass is 416 g/mol. The predicted molar refractivity (Wildman–Crippen MR) is 101 cm³/mol. The van der Waals surface area contributed by atoms with E-state index in [0.717, 1.165) is 5.56 Å². The molecule has 3 rings (SSSR count). The Hall–Kier alpha value is -1.77. The molecule has 0 N–H and O–H groups in total. The molecule has 1 aliphatic rings. The fraction of sp³-hybridized carbons (Fsp3) is 0.263. The second-order valence-corrected chi connectivity index (χ2v) is 11.5. The average molecular weight is 416 g/mol. The zero-order chi connectivity index (χ0) is 20.1. The highest BCUT2D eigenvalue weighted by Crippen LogP contribution is 2.70. The van der Waals surface area contributed by atoms with Crippen LogP contribution in [-0.2, 0) is 19.2 Å². The van der Waals surface area contributed by atoms with Crippen LogP contribution in [-0.4, -0.2) is 13.9 Å². The normalized spacial score (nSPS) is 22.3. The van der Waals surface area contributed by atoms with Gasteiger partial charge in [0.05, 0.1) is 0 Å². The second-order valence-electron chi connectivity index (χ2n) is 7.18. The van der Waals surface area contributed by atoms with Gasteiger partial charge in [-0.3, -0.25) is 0 Å². The lowest BCUT2D eigenvalue weighted by Gasteiger charge is -2.34. The lowest BCUT2D eigenvalue weighted by molar-refractivity contribution is -0.0495. The fourth-order valence-corrected chi connectivity index (χ4v) is 7.21. The third-order valence-corrected chi connectivity index (χ3v) is 8.90. The molecule has 1 aliphatic heterocycles. The van der Waals surface area contributed by atoms with E-state index in [-0.39, 0.29) is 5.41 Å². The first-order valence-corrected chi connectivity index (χ1v) is 11.1. The van der Waals surface area contributed by atoms with Crippen molar-refractivity contribution < 1.29 is 25.2 Å². The maximum Gasteiger partial charge on any atom is 0.524 e. The predicted octanol–water partition coefficient (Wildman–Crippen LogP) is 5.97. The number of alkyl halides is 3. The highest BCUT2D eigenvalue weighted by molar-refractivity contribution is 8.35. The number of benzene rings is 2. The van der Waals surface area contributed by atoms with E-state index >= 15 is 0 Å². The van der Waals surface area contributed by atoms with Crippen LogP contribution in [0.2, 0.25) is 0 Å². The summed E-state index contributed by atoms with van der Waals surface area (Å²) in [4.78, 5) is 0.825. The molecule has 0 spiro atoms. The maximum absolute atomic E-state index is 13.0. The first kappa shape index (κ1) is 20.0. The van der Waals surface area contributed by atoms with E-state index in [0.29, 0.717) is 15.4 Å². The van der Waals surface area contributed by atoms with Crippen LogP contribution in [0.3, 0.4) is 0 Å². The SMILES string of the molecule is CC(C)(C)c1ccc(S2(OS(=O)(=O)C(F)(F)F)C=Cc3ccccc32)cc1. The molecule has 1 atom stereocenters. The van der Waals surface area contributed by atoms with Crippen molar-refractivity contribution in [1.29, 1.82) is 0 Å². The Balaban J connectivity index is 2.18. The Bertz CT molecular complexity index is 988. The standard InChI is InChI=1S/C19H19F3O3S2/c1-18(2,3)15-8-10-16(11-9-15)26(25-27(23,24)19(20,21)22)13-12-14-6-4-5-7-17(14)26/h4-13H,1-3H3. The molecule has 2 aromatic carbocycles. The molecule has 8 heteroatoms. The van der Waals surface area contributed by atoms with E-state index in [1.54, 1.807) is 54.6 Å². The third kappa shape index (κ3) is 3.53. The topological polar surface area (TPSA) is 43.4 Å². The van der Waals surface area contributed by atoms with Crippen LogP contribution < -0.4 is 0 Å². The molecule has 146 valence electrons. The average Bonchev–Trinajstić information content (AvgIpc) is 2.93. The Morgan fingerprint density at radius 1 is 0.926 bits per heavy atom. The van der Waals surface area contributed by atoms with Gasteiger partial charge >= 0.3 is 15.6 Å². The van der Waals surface area contributed by atoms with Crippen molar-refractivity contribution in [1.82, 2.24) is 0 Å². The molecule has 0 saturated heterocycles. The van der Waals surface area contributed by atoms with Crippen molar-refractivity contribution >= 4 is 26.5 Å². The van der Waals surface area contributed by atoms with Crippen molar-refractivity contribution in [3.8, 4) is 0 Å². The molecule has 0 aromatic heterocycles. The van der Waals surface area contributed by atoms with Crippen LogP contribution in [0.5, 0.6) is 0 Å². The van der Waals surface area contributed by atoms with Crippen molar-refractivity contribution in [2.75, 3.05) is 0 Å². The van der Waals surface area contributed by atoms with Gasteiger partial charge in [-0.1, -0.05) is 51.1 Å². The van der Waals surface area contributed by atoms with Gasteiger partial charge in [0, 0.05) is 9.79 Å². The summed E-state index contributed by atoms with van der Waals surface area (Å²) in [5, 5.41) is 1.44. The Kier molecular flexibility index (Phi) is 4.73. The van der Waals surface area contributed by atoms with E-state index in [9.17, 15) is 21.6 Å². The summed E-state index contributed by atoms with van der Waals surface area (Å²) in [6.45, 7) is 6.04. The van der Waals surface area contributed by atoms with Crippen molar-refractivity contribution in [2.45, 2.75) is 41.5 Å². The minimum absolute atomic E-state index is 0.149. The van der Waals surface area contributed by atoms with Gasteiger partial charge in [0.15, 0.2) is 0 Å². The third-order valence-electron chi connectivity index (χ3n) is 4.24. The van der Waals surface area contributed by atoms with Crippen LogP contribution in [0.25, 0.3) is 6.08 Å². The van der Waals surface area contributed by atoms with Crippen LogP contribution in [0, 0.1) is 0 Å². The first-order valence-electron chi connectivity index (χ1n) is 8.10. The quantitative estimate of drug-likeness (QED) is 0.579. The number of fused-ring (bicyclic) bond motifs is 1. The summed E-state index contributed by atoms with van der Waals surface area (Å²) >= 11 is 0.